The molecule has 1 amide bonds. The van der Waals surface area contributed by atoms with Gasteiger partial charge in [0.2, 0.25) is 0 Å². The van der Waals surface area contributed by atoms with Gasteiger partial charge in [0.15, 0.2) is 0 Å². The average Bonchev–Trinajstić information content (AvgIpc) is 3.50. The third-order valence-corrected chi connectivity index (χ3v) is 8.23. The molecule has 0 atom stereocenters. The van der Waals surface area contributed by atoms with Gasteiger partial charge in [-0.25, -0.2) is 9.37 Å². The number of nitrogens with zero attached hydrogens (tertiary/aromatic N) is 2. The van der Waals surface area contributed by atoms with E-state index >= 15 is 4.39 Å². The summed E-state index contributed by atoms with van der Waals surface area (Å²) in [4.78, 5) is 29.6. The minimum absolute atomic E-state index is 0. The number of nitrogens with one attached hydrogen (secondary N) is 1. The number of benzene rings is 4. The second kappa shape index (κ2) is 20.8. The van der Waals surface area contributed by atoms with E-state index in [1.807, 2.05) is 90.9 Å². The van der Waals surface area contributed by atoms with Gasteiger partial charge in [-0.3, -0.25) is 9.59 Å². The fraction of sp³-hybridized carbons (Fsp3) is 0.386. The van der Waals surface area contributed by atoms with Gasteiger partial charge in [0.25, 0.3) is 5.91 Å². The van der Waals surface area contributed by atoms with Crippen molar-refractivity contribution >= 4 is 23.2 Å². The Morgan fingerprint density at radius 2 is 1.57 bits per heavy atom. The van der Waals surface area contributed by atoms with E-state index in [-0.39, 0.29) is 32.0 Å². The Hall–Kier alpha value is -4.78. The molecule has 1 N–H and O–H groups in total. The van der Waals surface area contributed by atoms with E-state index in [0.29, 0.717) is 33.8 Å². The van der Waals surface area contributed by atoms with Crippen LogP contribution in [0.15, 0.2) is 78.9 Å². The maximum absolute atomic E-state index is 16.0. The lowest BCUT2D eigenvalue weighted by Crippen LogP contribution is -2.31. The molecule has 0 bridgehead atoms. The highest BCUT2D eigenvalue weighted by Gasteiger charge is 2.23. The van der Waals surface area contributed by atoms with Crippen LogP contribution in [0.1, 0.15) is 126 Å². The Balaban J connectivity index is 0.00000174. The molecule has 0 saturated carbocycles. The van der Waals surface area contributed by atoms with Crippen molar-refractivity contribution in [2.24, 2.45) is 0 Å². The Labute approximate surface area is 305 Å². The maximum Gasteiger partial charge on any atom is 0.251 e. The number of aryl methyl sites for hydroxylation is 1. The molecule has 7 heteroatoms. The summed E-state index contributed by atoms with van der Waals surface area (Å²) in [6.07, 6.45) is 4.62. The van der Waals surface area contributed by atoms with E-state index in [0.717, 1.165) is 59.7 Å². The highest BCUT2D eigenvalue weighted by molar-refractivity contribution is 5.97. The number of carbonyl (C=O) groups is 2. The molecule has 0 fully saturated rings. The molecule has 5 rings (SSSR count). The van der Waals surface area contributed by atoms with Crippen molar-refractivity contribution in [3.63, 3.8) is 0 Å². The molecule has 1 heterocycles. The van der Waals surface area contributed by atoms with Crippen LogP contribution < -0.4 is 10.1 Å². The molecule has 6 nitrogen and oxygen atoms in total. The Kier molecular flexibility index (Phi) is 17.3. The number of aldehydes is 1. The fourth-order valence-corrected chi connectivity index (χ4v) is 6.04. The van der Waals surface area contributed by atoms with Crippen LogP contribution in [0, 0.1) is 12.7 Å². The summed E-state index contributed by atoms with van der Waals surface area (Å²) in [7, 11) is 0. The lowest BCUT2D eigenvalue weighted by atomic mass is 9.94. The predicted molar refractivity (Wildman–Crippen MR) is 212 cm³/mol. The third-order valence-electron chi connectivity index (χ3n) is 8.23. The number of carbonyl (C=O) groups excluding carboxylic acids is 2. The monoisotopic (exact) mass is 695 g/mol. The van der Waals surface area contributed by atoms with Gasteiger partial charge in [0.05, 0.1) is 16.6 Å². The molecule has 51 heavy (non-hydrogen) atoms. The average molecular weight is 696 g/mol. The van der Waals surface area contributed by atoms with Crippen LogP contribution in [0.4, 0.5) is 4.39 Å². The number of hydrogen-bond acceptors (Lipinski definition) is 4. The molecule has 1 aromatic heterocycles. The van der Waals surface area contributed by atoms with Crippen molar-refractivity contribution in [3.8, 4) is 28.3 Å². The van der Waals surface area contributed by atoms with Crippen molar-refractivity contribution in [1.29, 1.82) is 0 Å². The van der Waals surface area contributed by atoms with E-state index < -0.39 is 5.82 Å². The lowest BCUT2D eigenvalue weighted by molar-refractivity contribution is 0.0940. The smallest absolute Gasteiger partial charge is 0.251 e. The molecule has 0 radical (unpaired) electrons. The molecule has 0 aliphatic heterocycles. The zero-order chi connectivity index (χ0) is 36.8. The van der Waals surface area contributed by atoms with Crippen LogP contribution >= 0.6 is 0 Å². The quantitative estimate of drug-likeness (QED) is 0.124. The van der Waals surface area contributed by atoms with Crippen molar-refractivity contribution in [2.45, 2.75) is 114 Å². The van der Waals surface area contributed by atoms with E-state index in [1.54, 1.807) is 30.3 Å². The van der Waals surface area contributed by atoms with Gasteiger partial charge in [-0.2, -0.15) is 0 Å². The first kappa shape index (κ1) is 42.4. The van der Waals surface area contributed by atoms with E-state index in [9.17, 15) is 9.59 Å². The van der Waals surface area contributed by atoms with Crippen LogP contribution in [-0.2, 0) is 6.61 Å². The number of halogens is 1. The summed E-state index contributed by atoms with van der Waals surface area (Å²) in [5.41, 5.74) is 6.68. The minimum atomic E-state index is -0.457. The first-order valence-electron chi connectivity index (χ1n) is 18.1. The molecule has 4 aromatic carbocycles. The van der Waals surface area contributed by atoms with Crippen molar-refractivity contribution in [1.82, 2.24) is 14.9 Å². The Morgan fingerprint density at radius 1 is 0.902 bits per heavy atom. The molecular weight excluding hydrogens is 638 g/mol. The zero-order valence-electron chi connectivity index (χ0n) is 31.3. The molecule has 0 saturated heterocycles. The van der Waals surface area contributed by atoms with Gasteiger partial charge >= 0.3 is 0 Å². The standard InChI is InChI=1S/C39H42FN3O3.2C2H6.CH4/c1-6-9-29(10-7-2)43-37-20-15-27(23-44)21-36(37)42-38(43)33-19-18-30(22-35(33)40)46-24-34-31(28-16-13-26(5)14-17-28)11-8-12-32(34)39(45)41-25(3)4;2*1-2;/h8,11-23,25,29H,6-7,9-10,24H2,1-5H3,(H,41,45);2*1-2H3;1H4. The van der Waals surface area contributed by atoms with Crippen LogP contribution in [0.2, 0.25) is 0 Å². The second-order valence-corrected chi connectivity index (χ2v) is 12.2. The van der Waals surface area contributed by atoms with E-state index in [2.05, 4.69) is 23.7 Å². The first-order valence-corrected chi connectivity index (χ1v) is 18.1. The minimum Gasteiger partial charge on any atom is -0.489 e. The van der Waals surface area contributed by atoms with Gasteiger partial charge in [-0.05, 0) is 81.1 Å². The summed E-state index contributed by atoms with van der Waals surface area (Å²) < 4.78 is 24.4. The van der Waals surface area contributed by atoms with Gasteiger partial charge < -0.3 is 14.6 Å². The maximum atomic E-state index is 16.0. The van der Waals surface area contributed by atoms with Crippen molar-refractivity contribution in [3.05, 3.63) is 107 Å². The van der Waals surface area contributed by atoms with Crippen LogP contribution in [-0.4, -0.2) is 27.8 Å². The summed E-state index contributed by atoms with van der Waals surface area (Å²) in [5.74, 6) is 0.238. The van der Waals surface area contributed by atoms with Gasteiger partial charge in [0, 0.05) is 34.8 Å². The Bertz CT molecular complexity index is 1840. The summed E-state index contributed by atoms with van der Waals surface area (Å²) >= 11 is 0. The topological polar surface area (TPSA) is 73.2 Å². The van der Waals surface area contributed by atoms with Gasteiger partial charge in [-0.1, -0.05) is 104 Å². The molecule has 0 unspecified atom stereocenters. The lowest BCUT2D eigenvalue weighted by Gasteiger charge is -2.21. The SMILES string of the molecule is C.CC.CC.CCCC(CCC)n1c(-c2ccc(OCc3c(C(=O)NC(C)C)cccc3-c3ccc(C)cc3)cc2F)nc2cc(C=O)ccc21. The van der Waals surface area contributed by atoms with Crippen molar-refractivity contribution in [2.75, 3.05) is 0 Å². The number of aromatic nitrogens is 2. The number of rotatable bonds is 13. The van der Waals surface area contributed by atoms with Gasteiger partial charge in [-0.15, -0.1) is 0 Å². The predicted octanol–water partition coefficient (Wildman–Crippen LogP) is 12.2. The van der Waals surface area contributed by atoms with Crippen LogP contribution in [0.25, 0.3) is 33.5 Å². The number of fused-ring (bicyclic) bond motifs is 1. The number of amides is 1. The van der Waals surface area contributed by atoms with E-state index in [1.165, 1.54) is 6.07 Å². The third kappa shape index (κ3) is 10.4. The summed E-state index contributed by atoms with van der Waals surface area (Å²) in [6, 6.07) is 24.1. The van der Waals surface area contributed by atoms with Gasteiger partial charge in [0.1, 0.15) is 30.3 Å². The molecule has 0 aliphatic rings. The molecular formula is C44H58FN3O3. The van der Waals surface area contributed by atoms with Crippen LogP contribution in [0.3, 0.4) is 0 Å². The summed E-state index contributed by atoms with van der Waals surface area (Å²) in [5, 5.41) is 2.99. The van der Waals surface area contributed by atoms with Crippen LogP contribution in [0.5, 0.6) is 5.75 Å². The summed E-state index contributed by atoms with van der Waals surface area (Å²) in [6.45, 7) is 18.2. The molecule has 0 spiro atoms. The first-order chi connectivity index (χ1) is 24.2. The largest absolute Gasteiger partial charge is 0.489 e. The van der Waals surface area contributed by atoms with E-state index in [4.69, 9.17) is 9.72 Å². The second-order valence-electron chi connectivity index (χ2n) is 12.2. The highest BCUT2D eigenvalue weighted by atomic mass is 19.1. The number of hydrogen-bond donors (Lipinski definition) is 1. The molecule has 5 aromatic rings. The molecule has 0 aliphatic carbocycles. The molecule has 274 valence electrons. The zero-order valence-corrected chi connectivity index (χ0v) is 31.3. The number of imidazole rings is 1. The fourth-order valence-electron chi connectivity index (χ4n) is 6.04. The highest BCUT2D eigenvalue weighted by Crippen LogP contribution is 2.36. The van der Waals surface area contributed by atoms with Crippen molar-refractivity contribution < 1.29 is 18.7 Å². The Morgan fingerprint density at radius 3 is 2.16 bits per heavy atom. The number of ether oxygens (including phenoxy) is 1. The normalized spacial score (nSPS) is 10.5.